The third-order valence-electron chi connectivity index (χ3n) is 8.09. The lowest BCUT2D eigenvalue weighted by molar-refractivity contribution is -0.135. The number of carbonyl (C=O) groups is 1. The predicted octanol–water partition coefficient (Wildman–Crippen LogP) is 4.56. The number of phenolic OH excluding ortho intramolecular Hbond substituents is 1. The van der Waals surface area contributed by atoms with E-state index in [1.54, 1.807) is 13.0 Å². The molecular formula is C24H29NO3. The van der Waals surface area contributed by atoms with Gasteiger partial charge in [0, 0.05) is 25.0 Å². The molecule has 2 saturated carbocycles. The van der Waals surface area contributed by atoms with Crippen LogP contribution in [0.4, 0.5) is 0 Å². The molecule has 3 aliphatic rings. The smallest absolute Gasteiger partial charge is 0.217 e. The van der Waals surface area contributed by atoms with E-state index < -0.39 is 0 Å². The number of fused-ring (bicyclic) bond motifs is 2. The highest BCUT2D eigenvalue weighted by Crippen LogP contribution is 2.70. The van der Waals surface area contributed by atoms with Gasteiger partial charge < -0.3 is 15.2 Å². The molecule has 3 fully saturated rings. The minimum absolute atomic E-state index is 0.0107. The predicted molar refractivity (Wildman–Crippen MR) is 109 cm³/mol. The second-order valence-corrected chi connectivity index (χ2v) is 9.69. The van der Waals surface area contributed by atoms with Crippen LogP contribution in [0.25, 0.3) is 10.8 Å². The van der Waals surface area contributed by atoms with Crippen molar-refractivity contribution in [2.75, 3.05) is 6.61 Å². The van der Waals surface area contributed by atoms with Crippen molar-refractivity contribution < 1.29 is 14.6 Å². The Morgan fingerprint density at radius 3 is 2.68 bits per heavy atom. The summed E-state index contributed by atoms with van der Waals surface area (Å²) >= 11 is 0. The first-order chi connectivity index (χ1) is 13.3. The first kappa shape index (κ1) is 18.0. The van der Waals surface area contributed by atoms with Crippen molar-refractivity contribution in [3.8, 4) is 5.75 Å². The molecule has 1 heterocycles. The maximum atomic E-state index is 12.0. The molecule has 0 radical (unpaired) electrons. The third-order valence-corrected chi connectivity index (χ3v) is 8.09. The Labute approximate surface area is 166 Å². The van der Waals surface area contributed by atoms with Crippen LogP contribution in [0.15, 0.2) is 36.4 Å². The van der Waals surface area contributed by atoms with E-state index in [9.17, 15) is 9.90 Å². The molecule has 4 heteroatoms. The van der Waals surface area contributed by atoms with Crippen LogP contribution in [0.3, 0.4) is 0 Å². The number of benzene rings is 2. The Bertz CT molecular complexity index is 952. The van der Waals surface area contributed by atoms with E-state index in [4.69, 9.17) is 4.74 Å². The molecule has 148 valence electrons. The summed E-state index contributed by atoms with van der Waals surface area (Å²) in [5, 5.41) is 15.6. The number of phenols is 1. The maximum Gasteiger partial charge on any atom is 0.217 e. The zero-order valence-corrected chi connectivity index (χ0v) is 16.9. The van der Waals surface area contributed by atoms with E-state index in [0.29, 0.717) is 17.6 Å². The zero-order valence-electron chi connectivity index (χ0n) is 16.9. The Morgan fingerprint density at radius 2 is 1.93 bits per heavy atom. The van der Waals surface area contributed by atoms with E-state index in [1.165, 1.54) is 12.0 Å². The molecule has 2 N–H and O–H groups in total. The number of hydrogen-bond donors (Lipinski definition) is 2. The van der Waals surface area contributed by atoms with E-state index in [0.717, 1.165) is 30.2 Å². The standard InChI is InChI=1S/C24H29NO3/c1-14(26)25-22-23(2,3)15-12-19-21(28-11-10-24(19,22)13-15)18-8-9-20(27)17-7-5-4-6-16(17)18/h4-9,15,19,21-22,27H,10-13H2,1-3H3,(H,25,26)/t15-,19-,21-,22+,24?/m1/s1. The molecule has 1 saturated heterocycles. The molecule has 1 amide bonds. The summed E-state index contributed by atoms with van der Waals surface area (Å²) in [6.07, 6.45) is 3.33. The van der Waals surface area contributed by atoms with Gasteiger partial charge in [-0.1, -0.05) is 44.2 Å². The summed E-state index contributed by atoms with van der Waals surface area (Å²) in [4.78, 5) is 12.0. The topological polar surface area (TPSA) is 58.6 Å². The summed E-state index contributed by atoms with van der Waals surface area (Å²) in [7, 11) is 0. The van der Waals surface area contributed by atoms with Crippen LogP contribution in [-0.4, -0.2) is 23.7 Å². The zero-order chi connectivity index (χ0) is 19.7. The van der Waals surface area contributed by atoms with Crippen LogP contribution in [0, 0.1) is 22.7 Å². The third kappa shape index (κ3) is 2.30. The van der Waals surface area contributed by atoms with Crippen molar-refractivity contribution in [1.82, 2.24) is 5.32 Å². The molecule has 5 rings (SSSR count). The fraction of sp³-hybridized carbons (Fsp3) is 0.542. The lowest BCUT2D eigenvalue weighted by Crippen LogP contribution is -2.58. The minimum atomic E-state index is 0.0107. The molecule has 0 aromatic heterocycles. The van der Waals surface area contributed by atoms with Crippen molar-refractivity contribution >= 4 is 16.7 Å². The highest BCUT2D eigenvalue weighted by molar-refractivity contribution is 5.91. The fourth-order valence-corrected chi connectivity index (χ4v) is 6.85. The molecule has 2 aromatic rings. The largest absolute Gasteiger partial charge is 0.507 e. The van der Waals surface area contributed by atoms with Crippen molar-refractivity contribution in [3.05, 3.63) is 42.0 Å². The van der Waals surface area contributed by atoms with Crippen LogP contribution in [0.5, 0.6) is 5.75 Å². The maximum absolute atomic E-state index is 12.0. The van der Waals surface area contributed by atoms with Crippen molar-refractivity contribution in [2.24, 2.45) is 22.7 Å². The average Bonchev–Trinajstić information content (AvgIpc) is 3.15. The van der Waals surface area contributed by atoms with Crippen LogP contribution in [0.1, 0.15) is 51.7 Å². The minimum Gasteiger partial charge on any atom is -0.507 e. The van der Waals surface area contributed by atoms with E-state index in [2.05, 4.69) is 25.2 Å². The van der Waals surface area contributed by atoms with Gasteiger partial charge in [0.15, 0.2) is 0 Å². The molecule has 28 heavy (non-hydrogen) atoms. The van der Waals surface area contributed by atoms with Gasteiger partial charge in [-0.15, -0.1) is 0 Å². The highest BCUT2D eigenvalue weighted by Gasteiger charge is 2.68. The van der Waals surface area contributed by atoms with Gasteiger partial charge in [-0.3, -0.25) is 4.79 Å². The van der Waals surface area contributed by atoms with Crippen LogP contribution < -0.4 is 5.32 Å². The quantitative estimate of drug-likeness (QED) is 0.804. The number of rotatable bonds is 2. The second-order valence-electron chi connectivity index (χ2n) is 9.69. The van der Waals surface area contributed by atoms with Gasteiger partial charge in [0.05, 0.1) is 6.10 Å². The normalized spacial score (nSPS) is 35.7. The Kier molecular flexibility index (Phi) is 3.83. The number of hydrogen-bond acceptors (Lipinski definition) is 3. The molecule has 1 aliphatic heterocycles. The van der Waals surface area contributed by atoms with E-state index in [1.807, 2.05) is 24.3 Å². The summed E-state index contributed by atoms with van der Waals surface area (Å²) in [5.74, 6) is 1.37. The second kappa shape index (κ2) is 5.96. The molecule has 4 nitrogen and oxygen atoms in total. The van der Waals surface area contributed by atoms with Gasteiger partial charge in [0.2, 0.25) is 5.91 Å². The Hall–Kier alpha value is -2.07. The molecule has 2 bridgehead atoms. The molecular weight excluding hydrogens is 350 g/mol. The van der Waals surface area contributed by atoms with Gasteiger partial charge in [-0.05, 0) is 58.9 Å². The summed E-state index contributed by atoms with van der Waals surface area (Å²) in [5.41, 5.74) is 1.38. The van der Waals surface area contributed by atoms with Crippen LogP contribution >= 0.6 is 0 Å². The van der Waals surface area contributed by atoms with Crippen molar-refractivity contribution in [1.29, 1.82) is 0 Å². The van der Waals surface area contributed by atoms with E-state index >= 15 is 0 Å². The summed E-state index contributed by atoms with van der Waals surface area (Å²) < 4.78 is 6.40. The lowest BCUT2D eigenvalue weighted by atomic mass is 9.58. The number of amides is 1. The molecule has 2 aliphatic carbocycles. The van der Waals surface area contributed by atoms with Gasteiger partial charge in [0.25, 0.3) is 0 Å². The molecule has 5 atom stereocenters. The summed E-state index contributed by atoms with van der Waals surface area (Å²) in [6, 6.07) is 12.1. The number of carbonyl (C=O) groups excluding carboxylic acids is 1. The fourth-order valence-electron chi connectivity index (χ4n) is 6.85. The Morgan fingerprint density at radius 1 is 1.18 bits per heavy atom. The molecule has 1 spiro atoms. The average molecular weight is 380 g/mol. The number of nitrogens with one attached hydrogen (secondary N) is 1. The molecule has 2 aromatic carbocycles. The first-order valence-corrected chi connectivity index (χ1v) is 10.4. The number of aromatic hydroxyl groups is 1. The first-order valence-electron chi connectivity index (χ1n) is 10.4. The van der Waals surface area contributed by atoms with Gasteiger partial charge in [0.1, 0.15) is 5.75 Å². The lowest BCUT2D eigenvalue weighted by Gasteiger charge is -2.53. The highest BCUT2D eigenvalue weighted by atomic mass is 16.5. The van der Waals surface area contributed by atoms with Crippen molar-refractivity contribution in [2.45, 2.75) is 52.2 Å². The monoisotopic (exact) mass is 379 g/mol. The summed E-state index contributed by atoms with van der Waals surface area (Å²) in [6.45, 7) is 7.00. The van der Waals surface area contributed by atoms with Gasteiger partial charge in [-0.25, -0.2) is 0 Å². The Balaban J connectivity index is 1.60. The molecule has 1 unspecified atom stereocenters. The SMILES string of the molecule is CC(=O)N[C@H]1C(C)(C)[C@@H]2C[C@@H]3[C@@H](c4ccc(O)c5ccccc45)OCCC31C2. The van der Waals surface area contributed by atoms with Crippen molar-refractivity contribution in [3.63, 3.8) is 0 Å². The van der Waals surface area contributed by atoms with Crippen LogP contribution in [0.2, 0.25) is 0 Å². The van der Waals surface area contributed by atoms with E-state index in [-0.39, 0.29) is 28.9 Å². The van der Waals surface area contributed by atoms with Gasteiger partial charge >= 0.3 is 0 Å². The van der Waals surface area contributed by atoms with Crippen LogP contribution in [-0.2, 0) is 9.53 Å². The van der Waals surface area contributed by atoms with Gasteiger partial charge in [-0.2, -0.15) is 0 Å². The number of ether oxygens (including phenoxy) is 1.